The van der Waals surface area contributed by atoms with Crippen molar-refractivity contribution in [1.29, 1.82) is 0 Å². The maximum atomic E-state index is 12.5. The molecule has 0 atom stereocenters. The average Bonchev–Trinajstić information content (AvgIpc) is 3.26. The van der Waals surface area contributed by atoms with Crippen molar-refractivity contribution in [2.45, 2.75) is 0 Å². The van der Waals surface area contributed by atoms with E-state index in [1.807, 2.05) is 42.5 Å². The molecule has 0 spiro atoms. The zero-order valence-corrected chi connectivity index (χ0v) is 30.4. The lowest BCUT2D eigenvalue weighted by atomic mass is 9.91. The van der Waals surface area contributed by atoms with Gasteiger partial charge in [0.25, 0.3) is 0 Å². The quantitative estimate of drug-likeness (QED) is 0.182. The molecule has 0 bridgehead atoms. The monoisotopic (exact) mass is 733 g/mol. The number of fused-ring (bicyclic) bond motifs is 3. The molecular formula is C51H31N3O3-2. The zero-order valence-electron chi connectivity index (χ0n) is 30.4. The molecule has 0 aliphatic rings. The summed E-state index contributed by atoms with van der Waals surface area (Å²) in [7, 11) is 0. The van der Waals surface area contributed by atoms with Gasteiger partial charge in [0.05, 0.1) is 11.0 Å². The van der Waals surface area contributed by atoms with Crippen molar-refractivity contribution < 1.29 is 15.3 Å². The number of hydrogen-bond acceptors (Lipinski definition) is 6. The number of nitrogens with zero attached hydrogens (tertiary/aromatic N) is 3. The Morgan fingerprint density at radius 1 is 0.316 bits per heavy atom. The predicted octanol–water partition coefficient (Wildman–Crippen LogP) is 11.2. The maximum Gasteiger partial charge on any atom is 0.141 e. The van der Waals surface area contributed by atoms with Gasteiger partial charge in [0.15, 0.2) is 0 Å². The molecule has 10 aromatic rings. The second-order valence-corrected chi connectivity index (χ2v) is 14.1. The highest BCUT2D eigenvalue weighted by atomic mass is 16.3. The van der Waals surface area contributed by atoms with Crippen LogP contribution in [0.15, 0.2) is 182 Å². The molecule has 10 rings (SSSR count). The Morgan fingerprint density at radius 2 is 0.632 bits per heavy atom. The molecule has 1 N–H and O–H groups in total. The minimum atomic E-state index is -0.0875. The van der Waals surface area contributed by atoms with Crippen LogP contribution in [0.5, 0.6) is 17.2 Å². The maximum absolute atomic E-state index is 12.5. The highest BCUT2D eigenvalue weighted by Gasteiger charge is 2.13. The first-order chi connectivity index (χ1) is 28.0. The highest BCUT2D eigenvalue weighted by molar-refractivity contribution is 5.99. The number of pyridine rings is 3. The summed E-state index contributed by atoms with van der Waals surface area (Å²) in [5, 5.41) is 38.0. The minimum Gasteiger partial charge on any atom is -0.871 e. The predicted molar refractivity (Wildman–Crippen MR) is 226 cm³/mol. The molecule has 270 valence electrons. The molecule has 0 saturated carbocycles. The lowest BCUT2D eigenvalue weighted by Crippen LogP contribution is -1.93. The fourth-order valence-electron chi connectivity index (χ4n) is 7.87. The largest absolute Gasteiger partial charge is 0.871 e. The average molecular weight is 734 g/mol. The van der Waals surface area contributed by atoms with Crippen LogP contribution in [0.25, 0.3) is 99.5 Å². The van der Waals surface area contributed by atoms with Gasteiger partial charge in [0.1, 0.15) is 11.3 Å². The molecule has 3 aromatic heterocycles. The van der Waals surface area contributed by atoms with Crippen molar-refractivity contribution in [3.8, 4) is 84.0 Å². The van der Waals surface area contributed by atoms with Crippen molar-refractivity contribution >= 4 is 32.7 Å². The van der Waals surface area contributed by atoms with E-state index < -0.39 is 0 Å². The molecule has 0 saturated heterocycles. The van der Waals surface area contributed by atoms with Crippen molar-refractivity contribution in [3.05, 3.63) is 182 Å². The molecule has 0 aliphatic heterocycles. The summed E-state index contributed by atoms with van der Waals surface area (Å²) in [6.07, 6.45) is 5.12. The van der Waals surface area contributed by atoms with E-state index in [9.17, 15) is 15.3 Å². The zero-order chi connectivity index (χ0) is 38.5. The van der Waals surface area contributed by atoms with E-state index in [-0.39, 0.29) is 17.2 Å². The van der Waals surface area contributed by atoms with Crippen molar-refractivity contribution in [2.24, 2.45) is 0 Å². The van der Waals surface area contributed by atoms with E-state index in [4.69, 9.17) is 0 Å². The van der Waals surface area contributed by atoms with Gasteiger partial charge in [-0.15, -0.1) is 0 Å². The third-order valence-corrected chi connectivity index (χ3v) is 10.7. The molecular weight excluding hydrogens is 703 g/mol. The smallest absolute Gasteiger partial charge is 0.141 e. The summed E-state index contributed by atoms with van der Waals surface area (Å²) in [5.74, 6) is -0.0149. The van der Waals surface area contributed by atoms with Gasteiger partial charge in [-0.3, -0.25) is 15.0 Å². The van der Waals surface area contributed by atoms with Crippen LogP contribution < -0.4 is 10.2 Å². The number of para-hydroxylation sites is 3. The number of benzene rings is 7. The summed E-state index contributed by atoms with van der Waals surface area (Å²) >= 11 is 0. The SMILES string of the molecule is [O-]c1cccc2c(-c3ccc(-c4cc(-c5ccc(-c6ccnc7c([O-])cccc67)cc5)cc(-c5ccc(-c6ccnc7c(O)cccc67)cc5)c4)cc3)ccnc12. The van der Waals surface area contributed by atoms with Gasteiger partial charge in [0.2, 0.25) is 0 Å². The van der Waals surface area contributed by atoms with Gasteiger partial charge in [0, 0.05) is 34.7 Å². The van der Waals surface area contributed by atoms with E-state index in [1.54, 1.807) is 48.9 Å². The molecule has 57 heavy (non-hydrogen) atoms. The Balaban J connectivity index is 1.06. The molecule has 3 heterocycles. The van der Waals surface area contributed by atoms with Gasteiger partial charge in [-0.05, 0) is 109 Å². The first-order valence-electron chi connectivity index (χ1n) is 18.6. The van der Waals surface area contributed by atoms with Crippen LogP contribution in [0.2, 0.25) is 0 Å². The number of phenols is 1. The van der Waals surface area contributed by atoms with Gasteiger partial charge in [-0.1, -0.05) is 133 Å². The van der Waals surface area contributed by atoms with Crippen LogP contribution >= 0.6 is 0 Å². The number of aromatic nitrogens is 3. The van der Waals surface area contributed by atoms with Crippen molar-refractivity contribution in [1.82, 2.24) is 15.0 Å². The second kappa shape index (κ2) is 13.8. The molecule has 6 heteroatoms. The summed E-state index contributed by atoms with van der Waals surface area (Å²) < 4.78 is 0. The first-order valence-corrected chi connectivity index (χ1v) is 18.6. The van der Waals surface area contributed by atoms with E-state index >= 15 is 0 Å². The lowest BCUT2D eigenvalue weighted by Gasteiger charge is -2.15. The van der Waals surface area contributed by atoms with Gasteiger partial charge < -0.3 is 15.3 Å². The standard InChI is InChI=1S/C51H33N3O3/c55-46-7-1-4-43-40(22-25-52-49(43)46)34-16-10-31(11-17-34)37-28-38(32-12-18-35(19-13-32)41-23-26-53-50-44(41)5-2-8-47(50)56)30-39(29-37)33-14-20-36(21-15-33)42-24-27-54-51-45(42)6-3-9-48(51)57/h1-30,55-57H/p-2. The topological polar surface area (TPSA) is 105 Å². The summed E-state index contributed by atoms with van der Waals surface area (Å²) in [6.45, 7) is 0. The third-order valence-electron chi connectivity index (χ3n) is 10.7. The summed E-state index contributed by atoms with van der Waals surface area (Å²) in [5.41, 5.74) is 13.8. The Morgan fingerprint density at radius 3 is 1.02 bits per heavy atom. The number of hydrogen-bond donors (Lipinski definition) is 1. The van der Waals surface area contributed by atoms with Crippen molar-refractivity contribution in [3.63, 3.8) is 0 Å². The Kier molecular flexibility index (Phi) is 8.16. The third kappa shape index (κ3) is 6.06. The highest BCUT2D eigenvalue weighted by Crippen LogP contribution is 2.38. The van der Waals surface area contributed by atoms with Crippen LogP contribution in [-0.2, 0) is 0 Å². The van der Waals surface area contributed by atoms with Crippen molar-refractivity contribution in [2.75, 3.05) is 0 Å². The van der Waals surface area contributed by atoms with Gasteiger partial charge >= 0.3 is 0 Å². The Hall–Kier alpha value is -7.83. The summed E-state index contributed by atoms with van der Waals surface area (Å²) in [6, 6.07) is 53.9. The number of phenolic OH excluding ortho intramolecular Hbond substituents is 1. The summed E-state index contributed by atoms with van der Waals surface area (Å²) in [4.78, 5) is 13.1. The Bertz CT molecular complexity index is 2790. The number of rotatable bonds is 6. The molecule has 7 aromatic carbocycles. The fourth-order valence-corrected chi connectivity index (χ4v) is 7.87. The van der Waals surface area contributed by atoms with Crippen LogP contribution in [0, 0.1) is 0 Å². The lowest BCUT2D eigenvalue weighted by molar-refractivity contribution is -0.266. The van der Waals surface area contributed by atoms with Crippen LogP contribution in [0.1, 0.15) is 0 Å². The van der Waals surface area contributed by atoms with Gasteiger partial charge in [-0.25, -0.2) is 0 Å². The molecule has 0 aliphatic carbocycles. The van der Waals surface area contributed by atoms with E-state index in [0.29, 0.717) is 16.6 Å². The second-order valence-electron chi connectivity index (χ2n) is 14.1. The molecule has 6 nitrogen and oxygen atoms in total. The van der Waals surface area contributed by atoms with Gasteiger partial charge in [-0.2, -0.15) is 0 Å². The van der Waals surface area contributed by atoms with E-state index in [2.05, 4.69) is 106 Å². The normalized spacial score (nSPS) is 11.4. The molecule has 0 unspecified atom stereocenters. The van der Waals surface area contributed by atoms with Crippen LogP contribution in [0.4, 0.5) is 0 Å². The molecule has 0 radical (unpaired) electrons. The van der Waals surface area contributed by atoms with Crippen LogP contribution in [0.3, 0.4) is 0 Å². The fraction of sp³-hybridized carbons (Fsp3) is 0. The molecule has 0 fully saturated rings. The Labute approximate surface area is 328 Å². The minimum absolute atomic E-state index is 0.0875. The van der Waals surface area contributed by atoms with Crippen LogP contribution in [-0.4, -0.2) is 20.1 Å². The molecule has 0 amide bonds. The first kappa shape index (κ1) is 33.7. The van der Waals surface area contributed by atoms with E-state index in [1.165, 1.54) is 0 Å². The van der Waals surface area contributed by atoms with E-state index in [0.717, 1.165) is 82.9 Å². The number of aromatic hydroxyl groups is 1.